The lowest BCUT2D eigenvalue weighted by Gasteiger charge is -2.05. The number of hydrogen-bond donors (Lipinski definition) is 2. The van der Waals surface area contributed by atoms with Gasteiger partial charge in [0.2, 0.25) is 0 Å². The topological polar surface area (TPSA) is 98.1 Å². The van der Waals surface area contributed by atoms with Crippen LogP contribution in [-0.2, 0) is 0 Å². The smallest absolute Gasteiger partial charge is 0.255 e. The zero-order valence-corrected chi connectivity index (χ0v) is 8.22. The summed E-state index contributed by atoms with van der Waals surface area (Å²) < 4.78 is 12.8. The molecular formula is C9H9FN4O2. The van der Waals surface area contributed by atoms with Gasteiger partial charge in [0.15, 0.2) is 0 Å². The van der Waals surface area contributed by atoms with Crippen LogP contribution in [0.3, 0.4) is 0 Å². The highest BCUT2D eigenvalue weighted by Crippen LogP contribution is 2.17. The second-order valence-corrected chi connectivity index (χ2v) is 2.87. The maximum Gasteiger partial charge on any atom is 0.255 e. The van der Waals surface area contributed by atoms with E-state index in [0.717, 1.165) is 18.2 Å². The zero-order valence-electron chi connectivity index (χ0n) is 8.22. The number of phenolic OH excluding ortho intramolecular Hbond substituents is 1. The molecule has 0 spiro atoms. The van der Waals surface area contributed by atoms with Crippen molar-refractivity contribution in [1.82, 2.24) is 5.32 Å². The summed E-state index contributed by atoms with van der Waals surface area (Å²) in [4.78, 5) is 13.9. The van der Waals surface area contributed by atoms with Gasteiger partial charge >= 0.3 is 0 Å². The summed E-state index contributed by atoms with van der Waals surface area (Å²) in [5.41, 5.74) is 7.83. The Balaban J connectivity index is 2.65. The van der Waals surface area contributed by atoms with Crippen LogP contribution in [0.5, 0.6) is 5.75 Å². The summed E-state index contributed by atoms with van der Waals surface area (Å²) in [6.45, 7) is 0.219. The lowest BCUT2D eigenvalue weighted by molar-refractivity contribution is 0.0951. The van der Waals surface area contributed by atoms with Crippen molar-refractivity contribution in [2.75, 3.05) is 13.1 Å². The van der Waals surface area contributed by atoms with Crippen molar-refractivity contribution in [3.8, 4) is 5.75 Å². The Morgan fingerprint density at radius 1 is 1.62 bits per heavy atom. The van der Waals surface area contributed by atoms with Gasteiger partial charge in [0, 0.05) is 18.0 Å². The van der Waals surface area contributed by atoms with E-state index in [1.54, 1.807) is 0 Å². The minimum atomic E-state index is -0.620. The minimum absolute atomic E-state index is 0.0956. The molecule has 0 heterocycles. The zero-order chi connectivity index (χ0) is 12.0. The fraction of sp³-hybridized carbons (Fsp3) is 0.222. The predicted octanol–water partition coefficient (Wildman–Crippen LogP) is 1.57. The number of nitrogens with one attached hydrogen (secondary N) is 1. The third-order valence-electron chi connectivity index (χ3n) is 1.76. The number of aromatic hydroxyl groups is 1. The lowest BCUT2D eigenvalue weighted by atomic mass is 10.2. The highest BCUT2D eigenvalue weighted by molar-refractivity contribution is 5.96. The highest BCUT2D eigenvalue weighted by atomic mass is 19.1. The Morgan fingerprint density at radius 3 is 3.06 bits per heavy atom. The van der Waals surface area contributed by atoms with Crippen molar-refractivity contribution >= 4 is 5.91 Å². The van der Waals surface area contributed by atoms with Crippen LogP contribution in [0.4, 0.5) is 4.39 Å². The van der Waals surface area contributed by atoms with Crippen molar-refractivity contribution in [1.29, 1.82) is 0 Å². The number of azide groups is 1. The molecule has 0 aliphatic heterocycles. The molecule has 2 N–H and O–H groups in total. The second kappa shape index (κ2) is 5.57. The lowest BCUT2D eigenvalue weighted by Crippen LogP contribution is -2.26. The molecule has 0 saturated carbocycles. The Bertz CT molecular complexity index is 443. The van der Waals surface area contributed by atoms with E-state index >= 15 is 0 Å². The maximum absolute atomic E-state index is 12.8. The quantitative estimate of drug-likeness (QED) is 0.351. The molecule has 0 atom stereocenters. The first kappa shape index (κ1) is 11.8. The van der Waals surface area contributed by atoms with Crippen LogP contribution in [0.25, 0.3) is 10.4 Å². The molecular weight excluding hydrogens is 215 g/mol. The standard InChI is InChI=1S/C9H9FN4O2/c10-6-1-2-8(15)7(5-6)9(16)12-3-4-13-14-11/h1-2,5,15H,3-4H2,(H,12,16). The van der Waals surface area contributed by atoms with Gasteiger partial charge in [-0.1, -0.05) is 5.11 Å². The number of benzene rings is 1. The van der Waals surface area contributed by atoms with Gasteiger partial charge in [-0.15, -0.1) is 0 Å². The van der Waals surface area contributed by atoms with Gasteiger partial charge in [-0.05, 0) is 23.7 Å². The van der Waals surface area contributed by atoms with Crippen LogP contribution in [0.15, 0.2) is 23.3 Å². The van der Waals surface area contributed by atoms with Crippen LogP contribution in [0.1, 0.15) is 10.4 Å². The summed E-state index contributed by atoms with van der Waals surface area (Å²) >= 11 is 0. The molecule has 0 aliphatic rings. The van der Waals surface area contributed by atoms with E-state index in [9.17, 15) is 14.3 Å². The van der Waals surface area contributed by atoms with Crippen molar-refractivity contribution in [3.63, 3.8) is 0 Å². The van der Waals surface area contributed by atoms with Gasteiger partial charge in [-0.2, -0.15) is 0 Å². The number of halogens is 1. The first-order chi connectivity index (χ1) is 7.65. The van der Waals surface area contributed by atoms with Crippen LogP contribution >= 0.6 is 0 Å². The third-order valence-corrected chi connectivity index (χ3v) is 1.76. The Labute approximate surface area is 90.3 Å². The summed E-state index contributed by atoms with van der Waals surface area (Å²) in [5.74, 6) is -1.54. The molecule has 1 rings (SSSR count). The summed E-state index contributed by atoms with van der Waals surface area (Å²) in [6, 6.07) is 3.07. The van der Waals surface area contributed by atoms with Gasteiger partial charge < -0.3 is 10.4 Å². The van der Waals surface area contributed by atoms with Crippen molar-refractivity contribution < 1.29 is 14.3 Å². The molecule has 0 aliphatic carbocycles. The average Bonchev–Trinajstić information content (AvgIpc) is 2.27. The van der Waals surface area contributed by atoms with Gasteiger partial charge in [0.1, 0.15) is 11.6 Å². The molecule has 1 aromatic carbocycles. The number of phenols is 1. The SMILES string of the molecule is [N-]=[N+]=NCCNC(=O)c1cc(F)ccc1O. The fourth-order valence-electron chi connectivity index (χ4n) is 1.05. The second-order valence-electron chi connectivity index (χ2n) is 2.87. The molecule has 0 bridgehead atoms. The van der Waals surface area contributed by atoms with Crippen LogP contribution < -0.4 is 5.32 Å². The molecule has 1 aromatic rings. The van der Waals surface area contributed by atoms with E-state index in [1.807, 2.05) is 0 Å². The van der Waals surface area contributed by atoms with E-state index in [2.05, 4.69) is 15.3 Å². The van der Waals surface area contributed by atoms with E-state index in [0.29, 0.717) is 0 Å². The minimum Gasteiger partial charge on any atom is -0.507 e. The molecule has 84 valence electrons. The first-order valence-electron chi connectivity index (χ1n) is 4.42. The molecule has 16 heavy (non-hydrogen) atoms. The number of nitrogens with zero attached hydrogens (tertiary/aromatic N) is 3. The molecule has 1 amide bonds. The molecule has 0 radical (unpaired) electrons. The van der Waals surface area contributed by atoms with Gasteiger partial charge in [-0.3, -0.25) is 4.79 Å². The summed E-state index contributed by atoms with van der Waals surface area (Å²) in [7, 11) is 0. The van der Waals surface area contributed by atoms with Crippen LogP contribution in [0, 0.1) is 5.82 Å². The average molecular weight is 224 g/mol. The molecule has 0 unspecified atom stereocenters. The van der Waals surface area contributed by atoms with Gasteiger partial charge in [0.05, 0.1) is 5.56 Å². The van der Waals surface area contributed by atoms with Crippen molar-refractivity contribution in [3.05, 3.63) is 40.0 Å². The number of hydrogen-bond acceptors (Lipinski definition) is 3. The highest BCUT2D eigenvalue weighted by Gasteiger charge is 2.11. The molecule has 7 heteroatoms. The predicted molar refractivity (Wildman–Crippen MR) is 54.4 cm³/mol. The number of amides is 1. The maximum atomic E-state index is 12.8. The summed E-state index contributed by atoms with van der Waals surface area (Å²) in [5, 5.41) is 14.9. The Kier molecular flexibility index (Phi) is 4.11. The van der Waals surface area contributed by atoms with Gasteiger partial charge in [0.25, 0.3) is 5.91 Å². The van der Waals surface area contributed by atoms with E-state index < -0.39 is 11.7 Å². The third kappa shape index (κ3) is 3.14. The number of rotatable bonds is 4. The molecule has 6 nitrogen and oxygen atoms in total. The Hall–Kier alpha value is -2.27. The van der Waals surface area contributed by atoms with Crippen LogP contribution in [-0.4, -0.2) is 24.1 Å². The molecule has 0 fully saturated rings. The van der Waals surface area contributed by atoms with Gasteiger partial charge in [-0.25, -0.2) is 4.39 Å². The van der Waals surface area contributed by atoms with Crippen LogP contribution in [0.2, 0.25) is 0 Å². The molecule has 0 saturated heterocycles. The first-order valence-corrected chi connectivity index (χ1v) is 4.42. The van der Waals surface area contributed by atoms with Crippen molar-refractivity contribution in [2.45, 2.75) is 0 Å². The summed E-state index contributed by atoms with van der Waals surface area (Å²) in [6.07, 6.45) is 0. The molecule has 0 aromatic heterocycles. The number of carbonyl (C=O) groups excluding carboxylic acids is 1. The fourth-order valence-corrected chi connectivity index (χ4v) is 1.05. The normalized spacial score (nSPS) is 9.31. The largest absolute Gasteiger partial charge is 0.507 e. The monoisotopic (exact) mass is 224 g/mol. The van der Waals surface area contributed by atoms with E-state index in [1.165, 1.54) is 0 Å². The van der Waals surface area contributed by atoms with E-state index in [4.69, 9.17) is 5.53 Å². The van der Waals surface area contributed by atoms with Crippen molar-refractivity contribution in [2.24, 2.45) is 5.11 Å². The number of carbonyl (C=O) groups is 1. The van der Waals surface area contributed by atoms with E-state index in [-0.39, 0.29) is 24.4 Å². The Morgan fingerprint density at radius 2 is 2.38 bits per heavy atom.